The number of hydrogen-bond acceptors (Lipinski definition) is 6. The van der Waals surface area contributed by atoms with Crippen molar-refractivity contribution in [2.75, 3.05) is 54.5 Å². The zero-order valence-electron chi connectivity index (χ0n) is 22.5. The summed E-state index contributed by atoms with van der Waals surface area (Å²) in [5.74, 6) is -0.893. The largest absolute Gasteiger partial charge is 0.497 e. The maximum atomic E-state index is 13.0. The zero-order chi connectivity index (χ0) is 28.5. The summed E-state index contributed by atoms with van der Waals surface area (Å²) in [5, 5.41) is 7.12. The molecule has 1 N–H and O–H groups in total. The number of aryl methyl sites for hydroxylation is 1. The highest BCUT2D eigenvalue weighted by Gasteiger charge is 2.43. The van der Waals surface area contributed by atoms with Crippen molar-refractivity contribution in [3.8, 4) is 11.5 Å². The third kappa shape index (κ3) is 8.50. The fraction of sp³-hybridized carbons (Fsp3) is 0.654. The summed E-state index contributed by atoms with van der Waals surface area (Å²) in [6.45, 7) is 3.03. The van der Waals surface area contributed by atoms with Gasteiger partial charge in [0.25, 0.3) is 0 Å². The lowest BCUT2D eigenvalue weighted by atomic mass is 9.87. The fourth-order valence-electron chi connectivity index (χ4n) is 5.00. The van der Waals surface area contributed by atoms with E-state index in [1.807, 2.05) is 37.2 Å². The van der Waals surface area contributed by atoms with Gasteiger partial charge in [-0.2, -0.15) is 13.2 Å². The number of likely N-dealkylation sites (N-methyl/N-ethyl adjacent to an activating group) is 1. The van der Waals surface area contributed by atoms with Crippen LogP contribution in [-0.2, 0) is 20.8 Å². The average molecular weight is 546 g/mol. The second-order valence-electron chi connectivity index (χ2n) is 9.75. The molecule has 38 heavy (non-hydrogen) atoms. The van der Waals surface area contributed by atoms with Crippen molar-refractivity contribution in [2.45, 2.75) is 56.7 Å². The summed E-state index contributed by atoms with van der Waals surface area (Å²) < 4.78 is 42.5. The summed E-state index contributed by atoms with van der Waals surface area (Å²) in [4.78, 5) is 40.3. The molecule has 1 spiro atoms. The van der Waals surface area contributed by atoms with Crippen LogP contribution in [0.25, 0.3) is 0 Å². The minimum Gasteiger partial charge on any atom is -0.497 e. The maximum absolute atomic E-state index is 13.0. The Labute approximate surface area is 221 Å². The molecule has 1 aromatic carbocycles. The van der Waals surface area contributed by atoms with Crippen LogP contribution >= 0.6 is 0 Å². The van der Waals surface area contributed by atoms with Crippen LogP contribution in [0.2, 0.25) is 0 Å². The predicted octanol–water partition coefficient (Wildman–Crippen LogP) is 3.21. The molecule has 0 bridgehead atoms. The molecule has 1 unspecified atom stereocenters. The second-order valence-corrected chi connectivity index (χ2v) is 9.75. The Kier molecular flexibility index (Phi) is 11.2. The van der Waals surface area contributed by atoms with E-state index in [1.165, 1.54) is 0 Å². The lowest BCUT2D eigenvalue weighted by molar-refractivity contribution is -0.192. The number of rotatable bonds is 7. The van der Waals surface area contributed by atoms with Gasteiger partial charge in [0.05, 0.1) is 20.8 Å². The number of carboxylic acids is 1. The average Bonchev–Trinajstić information content (AvgIpc) is 3.11. The van der Waals surface area contributed by atoms with E-state index in [1.54, 1.807) is 19.1 Å². The number of amides is 2. The van der Waals surface area contributed by atoms with Gasteiger partial charge in [-0.05, 0) is 56.7 Å². The molecular formula is C26H38F3N3O6. The Hall–Kier alpha value is -3.02. The van der Waals surface area contributed by atoms with Crippen LogP contribution in [0, 0.1) is 0 Å². The number of carbonyl (C=O) groups is 3. The van der Waals surface area contributed by atoms with Crippen molar-refractivity contribution in [1.29, 1.82) is 0 Å². The van der Waals surface area contributed by atoms with Crippen LogP contribution in [-0.4, -0.2) is 104 Å². The first-order valence-corrected chi connectivity index (χ1v) is 12.6. The van der Waals surface area contributed by atoms with Crippen molar-refractivity contribution in [3.05, 3.63) is 23.8 Å². The molecule has 0 aromatic heterocycles. The number of aliphatic carboxylic acids is 1. The molecule has 2 aliphatic heterocycles. The molecule has 1 aromatic rings. The molecule has 214 valence electrons. The van der Waals surface area contributed by atoms with Crippen molar-refractivity contribution >= 4 is 17.8 Å². The third-order valence-electron chi connectivity index (χ3n) is 7.18. The molecule has 0 saturated carbocycles. The van der Waals surface area contributed by atoms with Crippen LogP contribution in [0.5, 0.6) is 11.5 Å². The second kappa shape index (κ2) is 13.7. The van der Waals surface area contributed by atoms with E-state index in [0.717, 1.165) is 68.8 Å². The number of methoxy groups -OCH3 is 2. The van der Waals surface area contributed by atoms with Gasteiger partial charge in [0, 0.05) is 45.2 Å². The Morgan fingerprint density at radius 2 is 1.66 bits per heavy atom. The Bertz CT molecular complexity index is 972. The molecule has 1 atom stereocenters. The van der Waals surface area contributed by atoms with E-state index in [9.17, 15) is 22.8 Å². The topological polar surface area (TPSA) is 99.6 Å². The van der Waals surface area contributed by atoms with Gasteiger partial charge in [0.2, 0.25) is 11.8 Å². The fourth-order valence-corrected chi connectivity index (χ4v) is 5.00. The van der Waals surface area contributed by atoms with E-state index in [2.05, 4.69) is 4.90 Å². The Morgan fingerprint density at radius 1 is 1.03 bits per heavy atom. The number of ether oxygens (including phenoxy) is 2. The Morgan fingerprint density at radius 3 is 2.21 bits per heavy atom. The molecular weight excluding hydrogens is 507 g/mol. The highest BCUT2D eigenvalue weighted by molar-refractivity contribution is 5.78. The van der Waals surface area contributed by atoms with E-state index in [-0.39, 0.29) is 17.4 Å². The van der Waals surface area contributed by atoms with Crippen molar-refractivity contribution < 1.29 is 42.1 Å². The summed E-state index contributed by atoms with van der Waals surface area (Å²) in [7, 11) is 6.90. The number of benzene rings is 1. The van der Waals surface area contributed by atoms with E-state index >= 15 is 0 Å². The van der Waals surface area contributed by atoms with Gasteiger partial charge in [-0.25, -0.2) is 4.79 Å². The van der Waals surface area contributed by atoms with E-state index < -0.39 is 12.1 Å². The highest BCUT2D eigenvalue weighted by atomic mass is 19.4. The molecule has 2 fully saturated rings. The van der Waals surface area contributed by atoms with Gasteiger partial charge >= 0.3 is 12.1 Å². The van der Waals surface area contributed by atoms with E-state index in [4.69, 9.17) is 19.4 Å². The molecule has 2 aliphatic rings. The van der Waals surface area contributed by atoms with Crippen LogP contribution in [0.3, 0.4) is 0 Å². The van der Waals surface area contributed by atoms with Crippen LogP contribution < -0.4 is 9.47 Å². The molecule has 12 heteroatoms. The van der Waals surface area contributed by atoms with Gasteiger partial charge in [-0.1, -0.05) is 6.07 Å². The van der Waals surface area contributed by atoms with Crippen LogP contribution in [0.1, 0.15) is 44.1 Å². The van der Waals surface area contributed by atoms with Crippen molar-refractivity contribution in [1.82, 2.24) is 14.7 Å². The quantitative estimate of drug-likeness (QED) is 0.562. The van der Waals surface area contributed by atoms with Crippen molar-refractivity contribution in [2.24, 2.45) is 0 Å². The van der Waals surface area contributed by atoms with Gasteiger partial charge in [0.1, 0.15) is 11.5 Å². The number of carbonyl (C=O) groups excluding carboxylic acids is 2. The first-order chi connectivity index (χ1) is 17.8. The highest BCUT2D eigenvalue weighted by Crippen LogP contribution is 2.38. The number of nitrogens with zero attached hydrogens (tertiary/aromatic N) is 3. The first-order valence-electron chi connectivity index (χ1n) is 12.6. The van der Waals surface area contributed by atoms with Gasteiger partial charge in [-0.3, -0.25) is 14.5 Å². The summed E-state index contributed by atoms with van der Waals surface area (Å²) in [6, 6.07) is 5.74. The molecule has 9 nitrogen and oxygen atoms in total. The first kappa shape index (κ1) is 31.2. The Balaban J connectivity index is 0.000000638. The molecule has 0 radical (unpaired) electrons. The monoisotopic (exact) mass is 545 g/mol. The normalized spacial score (nSPS) is 19.8. The lowest BCUT2D eigenvalue weighted by Gasteiger charge is -2.38. The number of carboxylic acid groups (broad SMARTS) is 1. The summed E-state index contributed by atoms with van der Waals surface area (Å²) in [6.07, 6.45) is 1.29. The molecule has 3 rings (SSSR count). The minimum absolute atomic E-state index is 0.0693. The zero-order valence-corrected chi connectivity index (χ0v) is 22.5. The van der Waals surface area contributed by atoms with Gasteiger partial charge in [0.15, 0.2) is 0 Å². The molecule has 2 amide bonds. The summed E-state index contributed by atoms with van der Waals surface area (Å²) >= 11 is 0. The van der Waals surface area contributed by atoms with E-state index in [0.29, 0.717) is 19.4 Å². The van der Waals surface area contributed by atoms with Gasteiger partial charge < -0.3 is 24.4 Å². The minimum atomic E-state index is -5.08. The van der Waals surface area contributed by atoms with Crippen LogP contribution in [0.15, 0.2) is 18.2 Å². The summed E-state index contributed by atoms with van der Waals surface area (Å²) in [5.41, 5.74) is 1.09. The number of likely N-dealkylation sites (tertiary alicyclic amines) is 2. The lowest BCUT2D eigenvalue weighted by Crippen LogP contribution is -2.48. The number of alkyl halides is 3. The molecule has 2 heterocycles. The standard InChI is InChI=1S/C24H37N3O4.C2HF3O2/c1-25(2)23(29)18-27-15-6-12-24(27)11-5-14-26(16-13-24)22(28)10-8-19-7-9-20(30-3)17-21(19)31-4;3-2(4,5)1(6)7/h7,9,17H,5-6,8,10-16,18H2,1-4H3;(H,6,7). The third-order valence-corrected chi connectivity index (χ3v) is 7.18. The molecule has 2 saturated heterocycles. The van der Waals surface area contributed by atoms with Crippen LogP contribution in [0.4, 0.5) is 13.2 Å². The van der Waals surface area contributed by atoms with Crippen molar-refractivity contribution in [3.63, 3.8) is 0 Å². The maximum Gasteiger partial charge on any atom is 0.490 e. The smallest absolute Gasteiger partial charge is 0.490 e. The predicted molar refractivity (Wildman–Crippen MR) is 134 cm³/mol. The van der Waals surface area contributed by atoms with Gasteiger partial charge in [-0.15, -0.1) is 0 Å². The SMILES string of the molecule is COc1ccc(CCC(=O)N2CCCC3(CCCN3CC(=O)N(C)C)CC2)c(OC)c1.O=C(O)C(F)(F)F. The number of halogens is 3. The number of hydrogen-bond donors (Lipinski definition) is 1. The molecule has 0 aliphatic carbocycles.